The van der Waals surface area contributed by atoms with Crippen LogP contribution in [-0.2, 0) is 0 Å². The van der Waals surface area contributed by atoms with Crippen LogP contribution in [-0.4, -0.2) is 76.3 Å². The molecule has 0 bridgehead atoms. The molecular formula is C18H20BrClFN5O3. The van der Waals surface area contributed by atoms with Gasteiger partial charge < -0.3 is 25.0 Å². The van der Waals surface area contributed by atoms with Crippen LogP contribution in [0.25, 0.3) is 10.9 Å². The van der Waals surface area contributed by atoms with Crippen molar-refractivity contribution in [2.75, 3.05) is 38.6 Å². The Labute approximate surface area is 180 Å². The molecule has 2 fully saturated rings. The van der Waals surface area contributed by atoms with Crippen molar-refractivity contribution in [3.05, 3.63) is 21.4 Å². The highest BCUT2D eigenvalue weighted by molar-refractivity contribution is 9.10. The zero-order valence-electron chi connectivity index (χ0n) is 15.7. The quantitative estimate of drug-likeness (QED) is 0.623. The van der Waals surface area contributed by atoms with Crippen molar-refractivity contribution >= 4 is 50.3 Å². The molecular weight excluding hydrogens is 469 g/mol. The summed E-state index contributed by atoms with van der Waals surface area (Å²) in [6.45, 7) is 2.06. The van der Waals surface area contributed by atoms with Gasteiger partial charge in [-0.25, -0.2) is 9.18 Å². The molecule has 1 amide bonds. The van der Waals surface area contributed by atoms with Crippen LogP contribution < -0.4 is 10.1 Å². The Kier molecular flexibility index (Phi) is 5.67. The molecule has 4 rings (SSSR count). The van der Waals surface area contributed by atoms with Gasteiger partial charge in [-0.3, -0.25) is 0 Å². The van der Waals surface area contributed by atoms with Gasteiger partial charge in [-0.1, -0.05) is 11.6 Å². The lowest BCUT2D eigenvalue weighted by molar-refractivity contribution is 0.111. The normalized spacial score (nSPS) is 20.1. The summed E-state index contributed by atoms with van der Waals surface area (Å²) in [7, 11) is 2.04. The smallest absolute Gasteiger partial charge is 0.407 e. The predicted octanol–water partition coefficient (Wildman–Crippen LogP) is 3.43. The third-order valence-electron chi connectivity index (χ3n) is 5.38. The SMILES string of the molecule is CN1CCCC1COc1nc(NC2CN(C(=O)O)C2)c2cc(Cl)c(Br)c(F)c2n1. The second kappa shape index (κ2) is 8.08. The number of hydrogen-bond donors (Lipinski definition) is 2. The Bertz CT molecular complexity index is 959. The highest BCUT2D eigenvalue weighted by Gasteiger charge is 2.31. The fourth-order valence-electron chi connectivity index (χ4n) is 3.61. The number of ether oxygens (including phenoxy) is 1. The summed E-state index contributed by atoms with van der Waals surface area (Å²) in [6.07, 6.45) is 1.16. The molecule has 29 heavy (non-hydrogen) atoms. The van der Waals surface area contributed by atoms with E-state index in [0.717, 1.165) is 19.4 Å². The third-order valence-corrected chi connectivity index (χ3v) is 6.68. The lowest BCUT2D eigenvalue weighted by Crippen LogP contribution is -2.56. The van der Waals surface area contributed by atoms with Gasteiger partial charge in [-0.2, -0.15) is 9.97 Å². The standard InChI is InChI=1S/C18H20BrClFN5O3/c1-25-4-2-3-10(25)8-29-17-23-15-11(5-12(20)13(19)14(15)21)16(24-17)22-9-6-26(7-9)18(27)28/h5,9-10H,2-4,6-8H2,1H3,(H,27,28)(H,22,23,24). The maximum Gasteiger partial charge on any atom is 0.407 e. The summed E-state index contributed by atoms with van der Waals surface area (Å²) in [5.74, 6) is -0.227. The highest BCUT2D eigenvalue weighted by atomic mass is 79.9. The number of benzene rings is 1. The second-order valence-electron chi connectivity index (χ2n) is 7.35. The molecule has 11 heteroatoms. The van der Waals surface area contributed by atoms with Crippen LogP contribution in [0.4, 0.5) is 15.0 Å². The molecule has 2 aromatic rings. The van der Waals surface area contributed by atoms with Crippen LogP contribution in [0.5, 0.6) is 6.01 Å². The lowest BCUT2D eigenvalue weighted by atomic mass is 10.1. The first-order chi connectivity index (χ1) is 13.8. The number of carbonyl (C=O) groups is 1. The van der Waals surface area contributed by atoms with Gasteiger partial charge in [0.2, 0.25) is 0 Å². The molecule has 2 aliphatic heterocycles. The minimum Gasteiger partial charge on any atom is -0.465 e. The summed E-state index contributed by atoms with van der Waals surface area (Å²) < 4.78 is 20.8. The van der Waals surface area contributed by atoms with Gasteiger partial charge in [0.1, 0.15) is 17.9 Å². The van der Waals surface area contributed by atoms with E-state index >= 15 is 0 Å². The Morgan fingerprint density at radius 2 is 2.24 bits per heavy atom. The molecule has 3 heterocycles. The molecule has 2 aliphatic rings. The van der Waals surface area contributed by atoms with E-state index < -0.39 is 11.9 Å². The average Bonchev–Trinajstić information content (AvgIpc) is 3.06. The van der Waals surface area contributed by atoms with Crippen molar-refractivity contribution in [3.8, 4) is 6.01 Å². The summed E-state index contributed by atoms with van der Waals surface area (Å²) in [6, 6.07) is 1.78. The first-order valence-corrected chi connectivity index (χ1v) is 10.4. The molecule has 0 radical (unpaired) electrons. The van der Waals surface area contributed by atoms with Crippen LogP contribution in [0.2, 0.25) is 5.02 Å². The zero-order valence-corrected chi connectivity index (χ0v) is 18.0. The van der Waals surface area contributed by atoms with Gasteiger partial charge in [0, 0.05) is 24.5 Å². The van der Waals surface area contributed by atoms with Gasteiger partial charge in [0.15, 0.2) is 5.82 Å². The molecule has 2 N–H and O–H groups in total. The van der Waals surface area contributed by atoms with E-state index in [4.69, 9.17) is 21.4 Å². The number of nitrogens with zero attached hydrogens (tertiary/aromatic N) is 4. The van der Waals surface area contributed by atoms with E-state index in [-0.39, 0.29) is 33.1 Å². The fraction of sp³-hybridized carbons (Fsp3) is 0.500. The largest absolute Gasteiger partial charge is 0.465 e. The molecule has 0 spiro atoms. The van der Waals surface area contributed by atoms with E-state index in [2.05, 4.69) is 36.1 Å². The number of carboxylic acid groups (broad SMARTS) is 1. The minimum absolute atomic E-state index is 0.0721. The molecule has 2 saturated heterocycles. The van der Waals surface area contributed by atoms with Crippen LogP contribution >= 0.6 is 27.5 Å². The number of halogens is 3. The number of anilines is 1. The fourth-order valence-corrected chi connectivity index (χ4v) is 4.10. The summed E-state index contributed by atoms with van der Waals surface area (Å²) in [5, 5.41) is 12.8. The van der Waals surface area contributed by atoms with Crippen molar-refractivity contribution in [3.63, 3.8) is 0 Å². The van der Waals surface area contributed by atoms with Gasteiger partial charge >= 0.3 is 12.1 Å². The monoisotopic (exact) mass is 487 g/mol. The van der Waals surface area contributed by atoms with Crippen molar-refractivity contribution in [1.82, 2.24) is 19.8 Å². The van der Waals surface area contributed by atoms with Gasteiger partial charge in [-0.05, 0) is 48.4 Å². The molecule has 1 aromatic heterocycles. The number of fused-ring (bicyclic) bond motifs is 1. The van der Waals surface area contributed by atoms with E-state index in [1.54, 1.807) is 6.07 Å². The van der Waals surface area contributed by atoms with E-state index in [1.165, 1.54) is 4.90 Å². The summed E-state index contributed by atoms with van der Waals surface area (Å²) >= 11 is 9.27. The zero-order chi connectivity index (χ0) is 20.7. The Morgan fingerprint density at radius 1 is 1.48 bits per heavy atom. The van der Waals surface area contributed by atoms with E-state index in [9.17, 15) is 9.18 Å². The third kappa shape index (κ3) is 4.06. The number of amides is 1. The Hall–Kier alpha value is -1.91. The number of aromatic nitrogens is 2. The van der Waals surface area contributed by atoms with Crippen LogP contribution in [0, 0.1) is 5.82 Å². The van der Waals surface area contributed by atoms with Crippen molar-refractivity contribution in [2.45, 2.75) is 24.9 Å². The molecule has 1 unspecified atom stereocenters. The molecule has 156 valence electrons. The van der Waals surface area contributed by atoms with Crippen LogP contribution in [0.3, 0.4) is 0 Å². The van der Waals surface area contributed by atoms with Gasteiger partial charge in [0.25, 0.3) is 0 Å². The predicted molar refractivity (Wildman–Crippen MR) is 110 cm³/mol. The number of rotatable bonds is 5. The number of likely N-dealkylation sites (tertiary alicyclic amines) is 2. The highest BCUT2D eigenvalue weighted by Crippen LogP contribution is 2.35. The van der Waals surface area contributed by atoms with E-state index in [0.29, 0.717) is 30.9 Å². The van der Waals surface area contributed by atoms with Crippen molar-refractivity contribution < 1.29 is 19.0 Å². The first kappa shape index (κ1) is 20.4. The number of hydrogen-bond acceptors (Lipinski definition) is 6. The maximum atomic E-state index is 14.8. The number of likely N-dealkylation sites (N-methyl/N-ethyl adjacent to an activating group) is 1. The summed E-state index contributed by atoms with van der Waals surface area (Å²) in [5.41, 5.74) is 0.0861. The number of nitrogens with one attached hydrogen (secondary N) is 1. The lowest BCUT2D eigenvalue weighted by Gasteiger charge is -2.37. The van der Waals surface area contributed by atoms with Gasteiger partial charge in [0.05, 0.1) is 15.5 Å². The Balaban J connectivity index is 1.63. The van der Waals surface area contributed by atoms with Crippen molar-refractivity contribution in [1.29, 1.82) is 0 Å². The molecule has 0 saturated carbocycles. The molecule has 1 atom stereocenters. The first-order valence-electron chi connectivity index (χ1n) is 9.26. The van der Waals surface area contributed by atoms with Gasteiger partial charge in [-0.15, -0.1) is 0 Å². The summed E-state index contributed by atoms with van der Waals surface area (Å²) in [4.78, 5) is 23.2. The molecule has 0 aliphatic carbocycles. The topological polar surface area (TPSA) is 90.8 Å². The second-order valence-corrected chi connectivity index (χ2v) is 8.55. The van der Waals surface area contributed by atoms with Crippen LogP contribution in [0.15, 0.2) is 10.5 Å². The molecule has 8 nitrogen and oxygen atoms in total. The van der Waals surface area contributed by atoms with Crippen LogP contribution in [0.1, 0.15) is 12.8 Å². The maximum absolute atomic E-state index is 14.8. The average molecular weight is 489 g/mol. The minimum atomic E-state index is -0.974. The molecule has 1 aromatic carbocycles. The van der Waals surface area contributed by atoms with Crippen molar-refractivity contribution in [2.24, 2.45) is 0 Å². The Morgan fingerprint density at radius 3 is 2.90 bits per heavy atom. The van der Waals surface area contributed by atoms with E-state index in [1.807, 2.05) is 7.05 Å².